The van der Waals surface area contributed by atoms with Gasteiger partial charge in [0.1, 0.15) is 9.90 Å². The number of aromatic nitrogens is 2. The molecule has 0 unspecified atom stereocenters. The Hall–Kier alpha value is -2.32. The smallest absolute Gasteiger partial charge is 0.243 e. The van der Waals surface area contributed by atoms with Crippen molar-refractivity contribution in [3.05, 3.63) is 76.4 Å². The first-order chi connectivity index (χ1) is 13.5. The predicted molar refractivity (Wildman–Crippen MR) is 113 cm³/mol. The molecule has 0 fully saturated rings. The van der Waals surface area contributed by atoms with Crippen LogP contribution in [0.4, 0.5) is 0 Å². The van der Waals surface area contributed by atoms with Crippen LogP contribution in [0.3, 0.4) is 0 Å². The lowest BCUT2D eigenvalue weighted by molar-refractivity contribution is 0.582. The normalized spacial score (nSPS) is 11.8. The van der Waals surface area contributed by atoms with Crippen molar-refractivity contribution in [2.24, 2.45) is 0 Å². The first-order valence-corrected chi connectivity index (χ1v) is 11.2. The number of hydrogen-bond acceptors (Lipinski definition) is 5. The van der Waals surface area contributed by atoms with Crippen molar-refractivity contribution in [1.29, 1.82) is 0 Å². The zero-order valence-electron chi connectivity index (χ0n) is 14.9. The Morgan fingerprint density at radius 2 is 1.86 bits per heavy atom. The van der Waals surface area contributed by atoms with Crippen molar-refractivity contribution in [1.82, 2.24) is 14.7 Å². The molecule has 8 heteroatoms. The van der Waals surface area contributed by atoms with E-state index in [2.05, 4.69) is 14.7 Å². The zero-order valence-corrected chi connectivity index (χ0v) is 17.3. The second kappa shape index (κ2) is 7.60. The van der Waals surface area contributed by atoms with Gasteiger partial charge in [-0.15, -0.1) is 11.3 Å². The highest BCUT2D eigenvalue weighted by Gasteiger charge is 2.19. The summed E-state index contributed by atoms with van der Waals surface area (Å²) in [5.74, 6) is 0. The van der Waals surface area contributed by atoms with Gasteiger partial charge in [0.15, 0.2) is 0 Å². The lowest BCUT2D eigenvalue weighted by Crippen LogP contribution is -2.23. The fraction of sp³-hybridized carbons (Fsp3) is 0.100. The highest BCUT2D eigenvalue weighted by Crippen LogP contribution is 2.33. The van der Waals surface area contributed by atoms with Crippen LogP contribution in [0.25, 0.3) is 21.5 Å². The summed E-state index contributed by atoms with van der Waals surface area (Å²) in [6, 6.07) is 16.2. The first kappa shape index (κ1) is 19.0. The van der Waals surface area contributed by atoms with Crippen LogP contribution in [0.5, 0.6) is 0 Å². The Bertz CT molecular complexity index is 1260. The van der Waals surface area contributed by atoms with E-state index in [9.17, 15) is 8.42 Å². The maximum atomic E-state index is 12.9. The lowest BCUT2D eigenvalue weighted by Gasteiger charge is -2.08. The molecule has 2 aromatic carbocycles. The minimum Gasteiger partial charge on any atom is -0.255 e. The Morgan fingerprint density at radius 1 is 1.07 bits per heavy atom. The number of benzene rings is 2. The number of nitrogens with zero attached hydrogens (tertiary/aromatic N) is 2. The average Bonchev–Trinajstić information content (AvgIpc) is 3.07. The monoisotopic (exact) mass is 429 g/mol. The first-order valence-electron chi connectivity index (χ1n) is 8.50. The number of aryl methyl sites for hydroxylation is 1. The molecule has 0 spiro atoms. The molecule has 0 saturated carbocycles. The van der Waals surface area contributed by atoms with Gasteiger partial charge >= 0.3 is 0 Å². The highest BCUT2D eigenvalue weighted by molar-refractivity contribution is 7.89. The maximum absolute atomic E-state index is 12.9. The molecule has 0 radical (unpaired) electrons. The zero-order chi connectivity index (χ0) is 19.7. The van der Waals surface area contributed by atoms with Crippen molar-refractivity contribution in [2.75, 3.05) is 0 Å². The second-order valence-corrected chi connectivity index (χ2v) is 9.39. The Morgan fingerprint density at radius 3 is 2.68 bits per heavy atom. The minimum absolute atomic E-state index is 0.152. The maximum Gasteiger partial charge on any atom is 0.243 e. The Kier molecular flexibility index (Phi) is 5.16. The van der Waals surface area contributed by atoms with Crippen LogP contribution in [0.1, 0.15) is 10.6 Å². The molecule has 142 valence electrons. The molecule has 1 N–H and O–H groups in total. The Balaban J connectivity index is 1.62. The topological polar surface area (TPSA) is 72.0 Å². The number of hydrogen-bond donors (Lipinski definition) is 1. The molecule has 4 aromatic rings. The molecule has 0 aliphatic rings. The summed E-state index contributed by atoms with van der Waals surface area (Å²) in [5.41, 5.74) is 2.07. The molecule has 5 nitrogen and oxygen atoms in total. The summed E-state index contributed by atoms with van der Waals surface area (Å²) in [6.45, 7) is 2.01. The number of pyridine rings is 1. The molecule has 0 atom stereocenters. The molecule has 2 heterocycles. The summed E-state index contributed by atoms with van der Waals surface area (Å²) in [6.07, 6.45) is 1.59. The van der Waals surface area contributed by atoms with E-state index in [1.165, 1.54) is 11.3 Å². The van der Waals surface area contributed by atoms with E-state index < -0.39 is 10.0 Å². The van der Waals surface area contributed by atoms with E-state index in [1.54, 1.807) is 24.4 Å². The van der Waals surface area contributed by atoms with Gasteiger partial charge in [0.2, 0.25) is 10.0 Å². The van der Waals surface area contributed by atoms with E-state index in [4.69, 9.17) is 11.6 Å². The summed E-state index contributed by atoms with van der Waals surface area (Å²) in [5, 5.41) is 2.16. The van der Waals surface area contributed by atoms with Crippen LogP contribution in [0, 0.1) is 6.92 Å². The quantitative estimate of drug-likeness (QED) is 0.494. The fourth-order valence-electron chi connectivity index (χ4n) is 2.87. The summed E-state index contributed by atoms with van der Waals surface area (Å²) < 4.78 is 28.4. The van der Waals surface area contributed by atoms with E-state index in [1.807, 2.05) is 43.3 Å². The fourth-order valence-corrected chi connectivity index (χ4v) is 5.46. The highest BCUT2D eigenvalue weighted by atomic mass is 35.5. The van der Waals surface area contributed by atoms with Gasteiger partial charge < -0.3 is 0 Å². The summed E-state index contributed by atoms with van der Waals surface area (Å²) in [4.78, 5) is 9.79. The largest absolute Gasteiger partial charge is 0.255 e. The second-order valence-electron chi connectivity index (χ2n) is 6.16. The van der Waals surface area contributed by atoms with E-state index in [0.29, 0.717) is 10.5 Å². The van der Waals surface area contributed by atoms with Gasteiger partial charge in [0.25, 0.3) is 0 Å². The van der Waals surface area contributed by atoms with Crippen LogP contribution in [-0.2, 0) is 16.6 Å². The van der Waals surface area contributed by atoms with Gasteiger partial charge in [-0.3, -0.25) is 4.98 Å². The van der Waals surface area contributed by atoms with Crippen LogP contribution >= 0.6 is 22.9 Å². The van der Waals surface area contributed by atoms with Crippen molar-refractivity contribution in [2.45, 2.75) is 18.4 Å². The molecule has 0 aliphatic heterocycles. The number of thiazole rings is 1. The molecule has 0 bridgehead atoms. The standard InChI is InChI=1S/C20H16ClN3O2S2/c1-13-17(27-20(24-13)15-8-2-3-9-16(15)21)12-23-28(25,26)18-10-4-6-14-7-5-11-22-19(14)18/h2-11,23H,12H2,1H3. The SMILES string of the molecule is Cc1nc(-c2ccccc2Cl)sc1CNS(=O)(=O)c1cccc2cccnc12. The predicted octanol–water partition coefficient (Wildman–Crippen LogP) is 4.80. The van der Waals surface area contributed by atoms with Crippen molar-refractivity contribution in [3.8, 4) is 10.6 Å². The van der Waals surface area contributed by atoms with Gasteiger partial charge in [-0.2, -0.15) is 0 Å². The van der Waals surface area contributed by atoms with Gasteiger partial charge in [0.05, 0.1) is 16.2 Å². The third-order valence-electron chi connectivity index (χ3n) is 4.30. The number of rotatable bonds is 5. The lowest BCUT2D eigenvalue weighted by atomic mass is 10.2. The van der Waals surface area contributed by atoms with E-state index in [0.717, 1.165) is 26.5 Å². The number of nitrogens with one attached hydrogen (secondary N) is 1. The molecule has 2 aromatic heterocycles. The average molecular weight is 430 g/mol. The molecular weight excluding hydrogens is 414 g/mol. The van der Waals surface area contributed by atoms with Gasteiger partial charge in [0, 0.05) is 28.6 Å². The molecule has 0 saturated heterocycles. The molecule has 0 amide bonds. The van der Waals surface area contributed by atoms with Gasteiger partial charge in [-0.25, -0.2) is 18.1 Å². The number of sulfonamides is 1. The van der Waals surface area contributed by atoms with Crippen molar-refractivity contribution in [3.63, 3.8) is 0 Å². The summed E-state index contributed by atoms with van der Waals surface area (Å²) in [7, 11) is -3.73. The van der Waals surface area contributed by atoms with Crippen molar-refractivity contribution >= 4 is 43.9 Å². The van der Waals surface area contributed by atoms with Gasteiger partial charge in [-0.05, 0) is 25.1 Å². The molecular formula is C20H16ClN3O2S2. The Labute approximate surface area is 172 Å². The van der Waals surface area contributed by atoms with Gasteiger partial charge in [-0.1, -0.05) is 48.0 Å². The third kappa shape index (κ3) is 3.66. The van der Waals surface area contributed by atoms with E-state index in [-0.39, 0.29) is 11.4 Å². The number of para-hydroxylation sites is 1. The number of halogens is 1. The van der Waals surface area contributed by atoms with Crippen LogP contribution < -0.4 is 4.72 Å². The van der Waals surface area contributed by atoms with Crippen molar-refractivity contribution < 1.29 is 8.42 Å². The number of fused-ring (bicyclic) bond motifs is 1. The third-order valence-corrected chi connectivity index (χ3v) is 7.26. The van der Waals surface area contributed by atoms with Crippen LogP contribution in [0.2, 0.25) is 5.02 Å². The van der Waals surface area contributed by atoms with Crippen LogP contribution in [-0.4, -0.2) is 18.4 Å². The van der Waals surface area contributed by atoms with Crippen LogP contribution in [0.15, 0.2) is 65.7 Å². The molecule has 28 heavy (non-hydrogen) atoms. The molecule has 0 aliphatic carbocycles. The summed E-state index contributed by atoms with van der Waals surface area (Å²) >= 11 is 7.68. The minimum atomic E-state index is -3.73. The van der Waals surface area contributed by atoms with E-state index >= 15 is 0 Å². The molecule has 4 rings (SSSR count).